The number of carbonyl (C=O) groups excluding carboxylic acids is 2. The molecule has 0 aliphatic carbocycles. The number of esters is 2. The van der Waals surface area contributed by atoms with E-state index in [0.29, 0.717) is 19.3 Å². The molecule has 47 heavy (non-hydrogen) atoms. The van der Waals surface area contributed by atoms with E-state index in [4.69, 9.17) is 9.47 Å². The largest absolute Gasteiger partial charge is 0.463 e. The molecule has 3 unspecified atom stereocenters. The minimum Gasteiger partial charge on any atom is -0.463 e. The SMILES string of the molecule is CCCCC/C=C\C/C=C\C/C=C\CC(O)C(O)CCCC(=O)OC[C@@H](O)COC(=O)CCCCCCCCCCCCC(C)CC. The van der Waals surface area contributed by atoms with E-state index in [1.54, 1.807) is 0 Å². The Labute approximate surface area is 288 Å². The summed E-state index contributed by atoms with van der Waals surface area (Å²) in [5.74, 6) is 0.0235. The van der Waals surface area contributed by atoms with E-state index in [1.165, 1.54) is 77.0 Å². The molecule has 0 aromatic heterocycles. The molecule has 274 valence electrons. The fraction of sp³-hybridized carbons (Fsp3) is 0.800. The van der Waals surface area contributed by atoms with Crippen molar-refractivity contribution >= 4 is 11.9 Å². The molecule has 0 rings (SSSR count). The van der Waals surface area contributed by atoms with Crippen molar-refractivity contribution in [3.05, 3.63) is 36.5 Å². The second-order valence-electron chi connectivity index (χ2n) is 13.3. The second-order valence-corrected chi connectivity index (χ2v) is 13.3. The maximum absolute atomic E-state index is 12.0. The number of rotatable bonds is 33. The Morgan fingerprint density at radius 2 is 1.09 bits per heavy atom. The molecule has 4 atom stereocenters. The van der Waals surface area contributed by atoms with Gasteiger partial charge in [-0.2, -0.15) is 0 Å². The lowest BCUT2D eigenvalue weighted by molar-refractivity contribution is -0.152. The first-order chi connectivity index (χ1) is 22.8. The van der Waals surface area contributed by atoms with Crippen LogP contribution in [-0.2, 0) is 19.1 Å². The zero-order chi connectivity index (χ0) is 34.8. The summed E-state index contributed by atoms with van der Waals surface area (Å²) in [4.78, 5) is 23.9. The summed E-state index contributed by atoms with van der Waals surface area (Å²) in [7, 11) is 0. The Hall–Kier alpha value is -1.96. The average molecular weight is 665 g/mol. The first kappa shape index (κ1) is 45.0. The number of hydrogen-bond acceptors (Lipinski definition) is 7. The zero-order valence-electron chi connectivity index (χ0n) is 30.4. The summed E-state index contributed by atoms with van der Waals surface area (Å²) in [5, 5.41) is 30.3. The highest BCUT2D eigenvalue weighted by atomic mass is 16.6. The molecule has 0 aliphatic heterocycles. The van der Waals surface area contributed by atoms with Crippen LogP contribution in [0.15, 0.2) is 36.5 Å². The van der Waals surface area contributed by atoms with Gasteiger partial charge < -0.3 is 24.8 Å². The van der Waals surface area contributed by atoms with Gasteiger partial charge in [-0.15, -0.1) is 0 Å². The van der Waals surface area contributed by atoms with Crippen LogP contribution in [0.2, 0.25) is 0 Å². The third kappa shape index (κ3) is 32.4. The minimum atomic E-state index is -1.07. The van der Waals surface area contributed by atoms with Crippen molar-refractivity contribution < 1.29 is 34.4 Å². The lowest BCUT2D eigenvalue weighted by Crippen LogP contribution is -2.26. The van der Waals surface area contributed by atoms with Crippen LogP contribution in [-0.4, -0.2) is 58.8 Å². The lowest BCUT2D eigenvalue weighted by Gasteiger charge is -2.16. The number of carbonyl (C=O) groups is 2. The molecule has 0 bridgehead atoms. The highest BCUT2D eigenvalue weighted by molar-refractivity contribution is 5.69. The number of aliphatic hydroxyl groups excluding tert-OH is 3. The predicted octanol–water partition coefficient (Wildman–Crippen LogP) is 9.47. The molecule has 0 fully saturated rings. The van der Waals surface area contributed by atoms with E-state index in [-0.39, 0.29) is 32.0 Å². The molecule has 0 aromatic carbocycles. The van der Waals surface area contributed by atoms with Crippen LogP contribution >= 0.6 is 0 Å². The van der Waals surface area contributed by atoms with E-state index < -0.39 is 24.3 Å². The van der Waals surface area contributed by atoms with Crippen molar-refractivity contribution in [3.8, 4) is 0 Å². The summed E-state index contributed by atoms with van der Waals surface area (Å²) in [6, 6.07) is 0. The van der Waals surface area contributed by atoms with Gasteiger partial charge in [-0.25, -0.2) is 0 Å². The van der Waals surface area contributed by atoms with Gasteiger partial charge in [0.05, 0.1) is 12.2 Å². The van der Waals surface area contributed by atoms with Crippen molar-refractivity contribution in [1.29, 1.82) is 0 Å². The predicted molar refractivity (Wildman–Crippen MR) is 194 cm³/mol. The van der Waals surface area contributed by atoms with Crippen molar-refractivity contribution in [3.63, 3.8) is 0 Å². The number of aliphatic hydroxyl groups is 3. The molecule has 3 N–H and O–H groups in total. The smallest absolute Gasteiger partial charge is 0.305 e. The Morgan fingerprint density at radius 3 is 1.66 bits per heavy atom. The van der Waals surface area contributed by atoms with Crippen LogP contribution in [0.1, 0.15) is 168 Å². The van der Waals surface area contributed by atoms with Gasteiger partial charge in [0.25, 0.3) is 0 Å². The van der Waals surface area contributed by atoms with E-state index >= 15 is 0 Å². The second kappa shape index (κ2) is 33.9. The third-order valence-electron chi connectivity index (χ3n) is 8.62. The number of ether oxygens (including phenoxy) is 2. The highest BCUT2D eigenvalue weighted by Crippen LogP contribution is 2.16. The fourth-order valence-electron chi connectivity index (χ4n) is 5.16. The molecular formula is C40H72O7. The topological polar surface area (TPSA) is 113 Å². The van der Waals surface area contributed by atoms with Gasteiger partial charge in [0.1, 0.15) is 19.3 Å². The van der Waals surface area contributed by atoms with Gasteiger partial charge >= 0.3 is 11.9 Å². The Kier molecular flexibility index (Phi) is 32.5. The van der Waals surface area contributed by atoms with E-state index in [2.05, 4.69) is 45.1 Å². The first-order valence-electron chi connectivity index (χ1n) is 19.1. The van der Waals surface area contributed by atoms with Gasteiger partial charge in [0.15, 0.2) is 0 Å². The molecule has 0 aromatic rings. The first-order valence-corrected chi connectivity index (χ1v) is 19.1. The maximum atomic E-state index is 12.0. The van der Waals surface area contributed by atoms with Crippen LogP contribution in [0.5, 0.6) is 0 Å². The number of hydrogen-bond donors (Lipinski definition) is 3. The number of unbranched alkanes of at least 4 members (excludes halogenated alkanes) is 12. The normalized spacial score (nSPS) is 14.6. The van der Waals surface area contributed by atoms with Crippen LogP contribution in [0.4, 0.5) is 0 Å². The summed E-state index contributed by atoms with van der Waals surface area (Å²) in [5.41, 5.74) is 0. The Bertz CT molecular complexity index is 806. The van der Waals surface area contributed by atoms with Crippen LogP contribution in [0, 0.1) is 5.92 Å². The van der Waals surface area contributed by atoms with E-state index in [9.17, 15) is 24.9 Å². The summed E-state index contributed by atoms with van der Waals surface area (Å²) >= 11 is 0. The minimum absolute atomic E-state index is 0.0718. The van der Waals surface area contributed by atoms with Crippen molar-refractivity contribution in [2.24, 2.45) is 5.92 Å². The van der Waals surface area contributed by atoms with Crippen LogP contribution in [0.3, 0.4) is 0 Å². The van der Waals surface area contributed by atoms with Crippen molar-refractivity contribution in [1.82, 2.24) is 0 Å². The standard InChI is InChI=1S/C40H72O7/c1-4-6-7-8-9-10-11-12-16-19-22-25-29-37(42)38(43)30-27-32-40(45)47-34-36(41)33-46-39(44)31-26-23-20-17-14-13-15-18-21-24-28-35(3)5-2/h9-10,12,16,22,25,35-38,41-43H,4-8,11,13-15,17-21,23-24,26-34H2,1-3H3/b10-9-,16-12-,25-22-/t35?,36-,37?,38?/m0/s1. The Morgan fingerprint density at radius 1 is 0.574 bits per heavy atom. The molecular weight excluding hydrogens is 592 g/mol. The summed E-state index contributed by atoms with van der Waals surface area (Å²) in [6.45, 7) is 6.37. The highest BCUT2D eigenvalue weighted by Gasteiger charge is 2.16. The molecule has 0 aliphatic rings. The van der Waals surface area contributed by atoms with E-state index in [1.807, 2.05) is 12.2 Å². The fourth-order valence-corrected chi connectivity index (χ4v) is 5.16. The van der Waals surface area contributed by atoms with E-state index in [0.717, 1.165) is 44.4 Å². The molecule has 0 spiro atoms. The molecule has 0 heterocycles. The van der Waals surface area contributed by atoms with Crippen LogP contribution in [0.25, 0.3) is 0 Å². The Balaban J connectivity index is 3.70. The van der Waals surface area contributed by atoms with Crippen molar-refractivity contribution in [2.45, 2.75) is 187 Å². The number of allylic oxidation sites excluding steroid dienone is 5. The third-order valence-corrected chi connectivity index (χ3v) is 8.62. The average Bonchev–Trinajstić information content (AvgIpc) is 3.06. The zero-order valence-corrected chi connectivity index (χ0v) is 30.4. The van der Waals surface area contributed by atoms with Gasteiger partial charge in [0, 0.05) is 12.8 Å². The molecule has 0 radical (unpaired) electrons. The van der Waals surface area contributed by atoms with Gasteiger partial charge in [-0.05, 0) is 57.3 Å². The lowest BCUT2D eigenvalue weighted by atomic mass is 9.99. The molecule has 7 heteroatoms. The van der Waals surface area contributed by atoms with Crippen molar-refractivity contribution in [2.75, 3.05) is 13.2 Å². The summed E-state index contributed by atoms with van der Waals surface area (Å²) < 4.78 is 10.2. The molecule has 0 saturated carbocycles. The van der Waals surface area contributed by atoms with Gasteiger partial charge in [-0.1, -0.05) is 141 Å². The maximum Gasteiger partial charge on any atom is 0.305 e. The monoisotopic (exact) mass is 665 g/mol. The molecule has 0 amide bonds. The molecule has 7 nitrogen and oxygen atoms in total. The van der Waals surface area contributed by atoms with Gasteiger partial charge in [-0.3, -0.25) is 9.59 Å². The van der Waals surface area contributed by atoms with Gasteiger partial charge in [0.2, 0.25) is 0 Å². The molecule has 0 saturated heterocycles. The summed E-state index contributed by atoms with van der Waals surface area (Å²) in [6.07, 6.45) is 32.3. The quantitative estimate of drug-likeness (QED) is 0.0364. The van der Waals surface area contributed by atoms with Crippen LogP contribution < -0.4 is 0 Å².